The molecule has 0 fully saturated rings. The van der Waals surface area contributed by atoms with E-state index < -0.39 is 5.97 Å². The zero-order valence-corrected chi connectivity index (χ0v) is 7.82. The lowest BCUT2D eigenvalue weighted by Crippen LogP contribution is -2.01. The van der Waals surface area contributed by atoms with Crippen molar-refractivity contribution in [3.05, 3.63) is 41.0 Å². The third-order valence-corrected chi connectivity index (χ3v) is 2.17. The van der Waals surface area contributed by atoms with Gasteiger partial charge in [0.2, 0.25) is 0 Å². The second kappa shape index (κ2) is 3.27. The first-order chi connectivity index (χ1) is 6.68. The minimum absolute atomic E-state index is 0.106. The number of carboxylic acid groups (broad SMARTS) is 1. The Balaban J connectivity index is 2.77. The predicted octanol–water partition coefficient (Wildman–Crippen LogP) is 2.59. The van der Waals surface area contributed by atoms with E-state index in [1.807, 2.05) is 12.1 Å². The third kappa shape index (κ3) is 1.42. The van der Waals surface area contributed by atoms with Crippen LogP contribution in [0.5, 0.6) is 0 Å². The number of pyridine rings is 1. The first-order valence-corrected chi connectivity index (χ1v) is 4.35. The Kier molecular flexibility index (Phi) is 2.09. The minimum atomic E-state index is -1.11. The summed E-state index contributed by atoms with van der Waals surface area (Å²) in [7, 11) is 0. The molecule has 0 spiro atoms. The summed E-state index contributed by atoms with van der Waals surface area (Å²) in [6, 6.07) is 8.83. The van der Waals surface area contributed by atoms with Gasteiger partial charge in [0.05, 0.1) is 10.5 Å². The number of para-hydroxylation sites is 1. The van der Waals surface area contributed by atoms with Crippen LogP contribution >= 0.6 is 11.6 Å². The van der Waals surface area contributed by atoms with Gasteiger partial charge >= 0.3 is 5.97 Å². The summed E-state index contributed by atoms with van der Waals surface area (Å²) < 4.78 is 0. The molecule has 0 amide bonds. The van der Waals surface area contributed by atoms with Crippen molar-refractivity contribution >= 4 is 28.5 Å². The molecule has 4 heteroatoms. The van der Waals surface area contributed by atoms with Crippen LogP contribution in [0.25, 0.3) is 10.9 Å². The van der Waals surface area contributed by atoms with Gasteiger partial charge in [-0.3, -0.25) is 0 Å². The zero-order chi connectivity index (χ0) is 10.1. The van der Waals surface area contributed by atoms with Gasteiger partial charge in [-0.05, 0) is 12.1 Å². The van der Waals surface area contributed by atoms with E-state index in [2.05, 4.69) is 4.98 Å². The monoisotopic (exact) mass is 207 g/mol. The molecule has 0 radical (unpaired) electrons. The van der Waals surface area contributed by atoms with Crippen LogP contribution in [0.4, 0.5) is 0 Å². The quantitative estimate of drug-likeness (QED) is 0.782. The number of halogens is 1. The highest BCUT2D eigenvalue weighted by molar-refractivity contribution is 6.33. The normalized spacial score (nSPS) is 10.4. The van der Waals surface area contributed by atoms with E-state index in [-0.39, 0.29) is 10.7 Å². The molecule has 14 heavy (non-hydrogen) atoms. The summed E-state index contributed by atoms with van der Waals surface area (Å²) >= 11 is 5.75. The maximum Gasteiger partial charge on any atom is 0.356 e. The van der Waals surface area contributed by atoms with Gasteiger partial charge in [-0.2, -0.15) is 0 Å². The number of rotatable bonds is 1. The summed E-state index contributed by atoms with van der Waals surface area (Å²) in [5.41, 5.74) is 0.527. The Morgan fingerprint density at radius 1 is 1.36 bits per heavy atom. The van der Waals surface area contributed by atoms with Crippen LogP contribution in [-0.2, 0) is 0 Å². The molecular formula is C10H6ClNO2. The van der Waals surface area contributed by atoms with Crippen LogP contribution in [0, 0.1) is 0 Å². The van der Waals surface area contributed by atoms with E-state index >= 15 is 0 Å². The van der Waals surface area contributed by atoms with Gasteiger partial charge in [0.25, 0.3) is 0 Å². The Bertz CT molecular complexity index is 510. The third-order valence-electron chi connectivity index (χ3n) is 1.88. The Hall–Kier alpha value is -1.61. The summed E-state index contributed by atoms with van der Waals surface area (Å²) in [4.78, 5) is 14.7. The molecule has 1 aromatic carbocycles. The van der Waals surface area contributed by atoms with Crippen LogP contribution < -0.4 is 0 Å². The van der Waals surface area contributed by atoms with Crippen molar-refractivity contribution in [2.24, 2.45) is 0 Å². The first-order valence-electron chi connectivity index (χ1n) is 3.97. The van der Waals surface area contributed by atoms with Gasteiger partial charge in [-0.15, -0.1) is 0 Å². The lowest BCUT2D eigenvalue weighted by Gasteiger charge is -2.00. The van der Waals surface area contributed by atoms with Crippen molar-refractivity contribution in [3.8, 4) is 0 Å². The van der Waals surface area contributed by atoms with Crippen molar-refractivity contribution in [3.63, 3.8) is 0 Å². The number of hydrogen-bond acceptors (Lipinski definition) is 2. The molecule has 0 aliphatic heterocycles. The second-order valence-corrected chi connectivity index (χ2v) is 3.22. The van der Waals surface area contributed by atoms with Crippen LogP contribution in [-0.4, -0.2) is 16.1 Å². The Labute approximate surface area is 85.0 Å². The number of aromatic carboxylic acids is 1. The minimum Gasteiger partial charge on any atom is -0.476 e. The van der Waals surface area contributed by atoms with E-state index in [0.29, 0.717) is 5.52 Å². The predicted molar refractivity (Wildman–Crippen MR) is 53.7 cm³/mol. The smallest absolute Gasteiger partial charge is 0.356 e. The van der Waals surface area contributed by atoms with Crippen molar-refractivity contribution in [2.45, 2.75) is 0 Å². The Morgan fingerprint density at radius 3 is 2.79 bits per heavy atom. The van der Waals surface area contributed by atoms with Crippen LogP contribution in [0.15, 0.2) is 30.3 Å². The van der Waals surface area contributed by atoms with Crippen LogP contribution in [0.3, 0.4) is 0 Å². The van der Waals surface area contributed by atoms with Crippen molar-refractivity contribution in [2.75, 3.05) is 0 Å². The van der Waals surface area contributed by atoms with Crippen molar-refractivity contribution < 1.29 is 9.90 Å². The number of hydrogen-bond donors (Lipinski definition) is 1. The van der Waals surface area contributed by atoms with Crippen LogP contribution in [0.1, 0.15) is 10.5 Å². The summed E-state index contributed by atoms with van der Waals surface area (Å²) in [6.45, 7) is 0. The number of fused-ring (bicyclic) bond motifs is 1. The molecule has 1 heterocycles. The van der Waals surface area contributed by atoms with Crippen molar-refractivity contribution in [1.29, 1.82) is 0 Å². The van der Waals surface area contributed by atoms with Gasteiger partial charge in [-0.25, -0.2) is 9.78 Å². The van der Waals surface area contributed by atoms with E-state index in [1.54, 1.807) is 18.2 Å². The molecule has 0 atom stereocenters. The molecule has 2 rings (SSSR count). The number of benzene rings is 1. The fourth-order valence-corrected chi connectivity index (χ4v) is 1.48. The fourth-order valence-electron chi connectivity index (χ4n) is 1.24. The number of carbonyl (C=O) groups is 1. The largest absolute Gasteiger partial charge is 0.476 e. The van der Waals surface area contributed by atoms with E-state index in [0.717, 1.165) is 5.39 Å². The van der Waals surface area contributed by atoms with E-state index in [1.165, 1.54) is 0 Å². The Morgan fingerprint density at radius 2 is 2.07 bits per heavy atom. The molecule has 0 bridgehead atoms. The highest BCUT2D eigenvalue weighted by Gasteiger charge is 2.11. The number of nitrogens with zero attached hydrogens (tertiary/aromatic N) is 1. The summed E-state index contributed by atoms with van der Waals surface area (Å²) in [6.07, 6.45) is 0. The first kappa shape index (κ1) is 8.97. The molecule has 0 unspecified atom stereocenters. The average molecular weight is 208 g/mol. The zero-order valence-electron chi connectivity index (χ0n) is 7.07. The fraction of sp³-hybridized carbons (Fsp3) is 0. The molecule has 1 N–H and O–H groups in total. The van der Waals surface area contributed by atoms with Gasteiger partial charge in [-0.1, -0.05) is 29.8 Å². The van der Waals surface area contributed by atoms with Crippen molar-refractivity contribution in [1.82, 2.24) is 4.98 Å². The van der Waals surface area contributed by atoms with Gasteiger partial charge in [0.15, 0.2) is 5.69 Å². The molecule has 0 saturated heterocycles. The topological polar surface area (TPSA) is 50.2 Å². The lowest BCUT2D eigenvalue weighted by atomic mass is 10.2. The molecule has 0 aliphatic rings. The molecule has 0 aliphatic carbocycles. The standard InChI is InChI=1S/C10H6ClNO2/c11-7-5-6-3-1-2-4-8(6)12-9(7)10(13)14/h1-5H,(H,13,14). The number of carboxylic acids is 1. The van der Waals surface area contributed by atoms with Gasteiger partial charge in [0.1, 0.15) is 0 Å². The maximum absolute atomic E-state index is 10.7. The average Bonchev–Trinajstić information content (AvgIpc) is 2.16. The SMILES string of the molecule is O=C(O)c1nc2ccccc2cc1Cl. The number of aromatic nitrogens is 1. The van der Waals surface area contributed by atoms with E-state index in [9.17, 15) is 4.79 Å². The molecular weight excluding hydrogens is 202 g/mol. The van der Waals surface area contributed by atoms with E-state index in [4.69, 9.17) is 16.7 Å². The molecule has 1 aromatic heterocycles. The van der Waals surface area contributed by atoms with Gasteiger partial charge < -0.3 is 5.11 Å². The maximum atomic E-state index is 10.7. The van der Waals surface area contributed by atoms with Crippen LogP contribution in [0.2, 0.25) is 5.02 Å². The molecule has 2 aromatic rings. The highest BCUT2D eigenvalue weighted by Crippen LogP contribution is 2.20. The second-order valence-electron chi connectivity index (χ2n) is 2.82. The molecule has 3 nitrogen and oxygen atoms in total. The highest BCUT2D eigenvalue weighted by atomic mass is 35.5. The molecule has 0 saturated carbocycles. The lowest BCUT2D eigenvalue weighted by molar-refractivity contribution is 0.0691. The summed E-state index contributed by atoms with van der Waals surface area (Å²) in [5.74, 6) is -1.11. The summed E-state index contributed by atoms with van der Waals surface area (Å²) in [5, 5.41) is 9.78. The molecule has 70 valence electrons. The van der Waals surface area contributed by atoms with Gasteiger partial charge in [0, 0.05) is 5.39 Å².